The molecule has 4 heteroatoms. The van der Waals surface area contributed by atoms with Crippen molar-refractivity contribution in [2.24, 2.45) is 5.73 Å². The Morgan fingerprint density at radius 2 is 2.29 bits per heavy atom. The molecule has 0 heterocycles. The lowest BCUT2D eigenvalue weighted by Gasteiger charge is -1.98. The average Bonchev–Trinajstić information content (AvgIpc) is 2.28. The lowest BCUT2D eigenvalue weighted by Crippen LogP contribution is -2.20. The molecule has 1 amide bonds. The van der Waals surface area contributed by atoms with E-state index in [2.05, 4.69) is 17.2 Å². The van der Waals surface area contributed by atoms with E-state index in [9.17, 15) is 4.79 Å². The Hall–Kier alpha value is -1.86. The molecule has 3 N–H and O–H groups in total. The highest BCUT2D eigenvalue weighted by Crippen LogP contribution is 2.03. The minimum Gasteiger partial charge on any atom is -0.389 e. The van der Waals surface area contributed by atoms with Gasteiger partial charge in [0.1, 0.15) is 4.99 Å². The van der Waals surface area contributed by atoms with Gasteiger partial charge < -0.3 is 11.1 Å². The molecule has 0 bridgehead atoms. The van der Waals surface area contributed by atoms with Gasteiger partial charge in [0, 0.05) is 31.0 Å². The smallest absolute Gasteiger partial charge is 0.216 e. The van der Waals surface area contributed by atoms with Crippen molar-refractivity contribution >= 4 is 23.1 Å². The zero-order valence-corrected chi connectivity index (χ0v) is 10.4. The van der Waals surface area contributed by atoms with Crippen LogP contribution in [0.4, 0.5) is 0 Å². The summed E-state index contributed by atoms with van der Waals surface area (Å²) >= 11 is 4.89. The molecule has 3 nitrogen and oxygen atoms in total. The molecule has 0 aromatic heterocycles. The summed E-state index contributed by atoms with van der Waals surface area (Å²) < 4.78 is 0. The van der Waals surface area contributed by atoms with Crippen LogP contribution in [-0.4, -0.2) is 17.4 Å². The van der Waals surface area contributed by atoms with Gasteiger partial charge in [-0.15, -0.1) is 0 Å². The van der Waals surface area contributed by atoms with Crippen LogP contribution in [0, 0.1) is 11.8 Å². The quantitative estimate of drug-likeness (QED) is 0.478. The maximum Gasteiger partial charge on any atom is 0.216 e. The predicted octanol–water partition coefficient (Wildman–Crippen LogP) is 1.20. The second kappa shape index (κ2) is 6.66. The Labute approximate surface area is 106 Å². The number of hydrogen-bond donors (Lipinski definition) is 2. The van der Waals surface area contributed by atoms with E-state index < -0.39 is 0 Å². The van der Waals surface area contributed by atoms with Crippen molar-refractivity contribution in [1.82, 2.24) is 5.32 Å². The molecule has 0 radical (unpaired) electrons. The van der Waals surface area contributed by atoms with Crippen LogP contribution < -0.4 is 11.1 Å². The third-order valence-corrected chi connectivity index (χ3v) is 2.24. The van der Waals surface area contributed by atoms with Gasteiger partial charge in [0.25, 0.3) is 0 Å². The van der Waals surface area contributed by atoms with Crippen LogP contribution in [0.3, 0.4) is 0 Å². The molecule has 1 rings (SSSR count). The molecule has 0 atom stereocenters. The third-order valence-electron chi connectivity index (χ3n) is 2.00. The molecule has 0 aliphatic carbocycles. The highest BCUT2D eigenvalue weighted by molar-refractivity contribution is 7.80. The molecule has 0 unspecified atom stereocenters. The molecule has 1 aromatic rings. The molecule has 1 aromatic carbocycles. The second-order valence-corrected chi connectivity index (χ2v) is 3.92. The highest BCUT2D eigenvalue weighted by Gasteiger charge is 1.95. The van der Waals surface area contributed by atoms with Crippen molar-refractivity contribution in [1.29, 1.82) is 0 Å². The van der Waals surface area contributed by atoms with Crippen LogP contribution in [0.25, 0.3) is 0 Å². The summed E-state index contributed by atoms with van der Waals surface area (Å²) in [6.45, 7) is 2.05. The van der Waals surface area contributed by atoms with E-state index in [0.717, 1.165) is 11.1 Å². The minimum atomic E-state index is -0.0396. The van der Waals surface area contributed by atoms with E-state index in [0.29, 0.717) is 18.0 Å². The van der Waals surface area contributed by atoms with Crippen molar-refractivity contribution < 1.29 is 4.79 Å². The van der Waals surface area contributed by atoms with Crippen molar-refractivity contribution in [2.45, 2.75) is 13.3 Å². The Morgan fingerprint density at radius 1 is 1.53 bits per heavy atom. The maximum atomic E-state index is 10.6. The Balaban J connectivity index is 2.56. The number of carbonyl (C=O) groups excluding carboxylic acids is 1. The van der Waals surface area contributed by atoms with Crippen LogP contribution in [0.15, 0.2) is 24.3 Å². The lowest BCUT2D eigenvalue weighted by molar-refractivity contribution is -0.118. The number of nitrogens with one attached hydrogen (secondary N) is 1. The first-order valence-corrected chi connectivity index (χ1v) is 5.63. The summed E-state index contributed by atoms with van der Waals surface area (Å²) in [4.78, 5) is 11.0. The van der Waals surface area contributed by atoms with E-state index in [1.165, 1.54) is 6.92 Å². The average molecular weight is 246 g/mol. The van der Waals surface area contributed by atoms with E-state index in [1.54, 1.807) is 0 Å². The number of hydrogen-bond acceptors (Lipinski definition) is 2. The lowest BCUT2D eigenvalue weighted by atomic mass is 10.1. The van der Waals surface area contributed by atoms with Gasteiger partial charge >= 0.3 is 0 Å². The third kappa shape index (κ3) is 5.14. The summed E-state index contributed by atoms with van der Waals surface area (Å²) in [7, 11) is 0. The molecule has 0 aliphatic rings. The SMILES string of the molecule is CC(=O)NCCC#Cc1cccc(C(N)=S)c1. The zero-order chi connectivity index (χ0) is 12.7. The number of thiocarbonyl (C=S) groups is 1. The van der Waals surface area contributed by atoms with Gasteiger partial charge in [0.15, 0.2) is 0 Å². The molecule has 17 heavy (non-hydrogen) atoms. The highest BCUT2D eigenvalue weighted by atomic mass is 32.1. The summed E-state index contributed by atoms with van der Waals surface area (Å²) in [5.41, 5.74) is 7.21. The van der Waals surface area contributed by atoms with Crippen LogP contribution in [-0.2, 0) is 4.79 Å². The predicted molar refractivity (Wildman–Crippen MR) is 72.5 cm³/mol. The van der Waals surface area contributed by atoms with Crippen molar-refractivity contribution in [2.75, 3.05) is 6.54 Å². The van der Waals surface area contributed by atoms with Gasteiger partial charge in [-0.25, -0.2) is 0 Å². The van der Waals surface area contributed by atoms with Gasteiger partial charge in [0.05, 0.1) is 0 Å². The molecule has 0 fully saturated rings. The second-order valence-electron chi connectivity index (χ2n) is 3.48. The monoisotopic (exact) mass is 246 g/mol. The first-order chi connectivity index (χ1) is 8.09. The fourth-order valence-electron chi connectivity index (χ4n) is 1.22. The zero-order valence-electron chi connectivity index (χ0n) is 9.62. The van der Waals surface area contributed by atoms with Gasteiger partial charge in [-0.2, -0.15) is 0 Å². The molecule has 0 aliphatic heterocycles. The summed E-state index contributed by atoms with van der Waals surface area (Å²) in [6, 6.07) is 7.47. The van der Waals surface area contributed by atoms with Gasteiger partial charge in [-0.3, -0.25) is 4.79 Å². The topological polar surface area (TPSA) is 55.1 Å². The van der Waals surface area contributed by atoms with Crippen LogP contribution in [0.2, 0.25) is 0 Å². The Kier molecular flexibility index (Phi) is 5.18. The Bertz CT molecular complexity index is 486. The van der Waals surface area contributed by atoms with Crippen molar-refractivity contribution in [3.05, 3.63) is 35.4 Å². The fourth-order valence-corrected chi connectivity index (χ4v) is 1.34. The summed E-state index contributed by atoms with van der Waals surface area (Å²) in [6.07, 6.45) is 0.622. The summed E-state index contributed by atoms with van der Waals surface area (Å²) in [5.74, 6) is 5.93. The van der Waals surface area contributed by atoms with Crippen LogP contribution in [0.5, 0.6) is 0 Å². The van der Waals surface area contributed by atoms with Gasteiger partial charge in [0.2, 0.25) is 5.91 Å². The molecule has 88 valence electrons. The molecule has 0 saturated carbocycles. The normalized spacial score (nSPS) is 9.00. The van der Waals surface area contributed by atoms with Gasteiger partial charge in [-0.1, -0.05) is 36.2 Å². The maximum absolute atomic E-state index is 10.6. The minimum absolute atomic E-state index is 0.0396. The molecular weight excluding hydrogens is 232 g/mol. The number of rotatable bonds is 3. The van der Waals surface area contributed by atoms with Crippen molar-refractivity contribution in [3.8, 4) is 11.8 Å². The number of amides is 1. The largest absolute Gasteiger partial charge is 0.389 e. The molecule has 0 spiro atoms. The Morgan fingerprint density at radius 3 is 2.94 bits per heavy atom. The fraction of sp³-hybridized carbons (Fsp3) is 0.231. The summed E-state index contributed by atoms with van der Waals surface area (Å²) in [5, 5.41) is 2.68. The number of carbonyl (C=O) groups is 1. The van der Waals surface area contributed by atoms with E-state index in [1.807, 2.05) is 24.3 Å². The number of benzene rings is 1. The van der Waals surface area contributed by atoms with Crippen molar-refractivity contribution in [3.63, 3.8) is 0 Å². The standard InChI is InChI=1S/C13H14N2OS/c1-10(16)15-8-3-2-5-11-6-4-7-12(9-11)13(14)17/h4,6-7,9H,3,8H2,1H3,(H2,14,17)(H,15,16). The van der Waals surface area contributed by atoms with E-state index in [-0.39, 0.29) is 5.91 Å². The van der Waals surface area contributed by atoms with Gasteiger partial charge in [-0.05, 0) is 12.1 Å². The molecular formula is C13H14N2OS. The van der Waals surface area contributed by atoms with E-state index in [4.69, 9.17) is 18.0 Å². The van der Waals surface area contributed by atoms with Crippen LogP contribution in [0.1, 0.15) is 24.5 Å². The first kappa shape index (κ1) is 13.2. The molecule has 0 saturated heterocycles. The van der Waals surface area contributed by atoms with Crippen LogP contribution >= 0.6 is 12.2 Å². The first-order valence-electron chi connectivity index (χ1n) is 5.23. The van der Waals surface area contributed by atoms with E-state index >= 15 is 0 Å². The number of nitrogens with two attached hydrogens (primary N) is 1.